The highest BCUT2D eigenvalue weighted by Crippen LogP contribution is 2.80. The molecular formula is C34H46B4O8S. The molecule has 0 spiro atoms. The van der Waals surface area contributed by atoms with Gasteiger partial charge in [-0.1, -0.05) is 53.7 Å². The van der Waals surface area contributed by atoms with Crippen molar-refractivity contribution in [2.45, 2.75) is 118 Å². The Morgan fingerprint density at radius 1 is 0.957 bits per heavy atom. The van der Waals surface area contributed by atoms with Crippen LogP contribution in [0.15, 0.2) is 34.9 Å². The van der Waals surface area contributed by atoms with Crippen molar-refractivity contribution in [3.05, 3.63) is 34.9 Å². The lowest BCUT2D eigenvalue weighted by molar-refractivity contribution is -0.225. The fourth-order valence-corrected chi connectivity index (χ4v) is 10.5. The number of hydrogen-bond acceptors (Lipinski definition) is 9. The molecule has 13 heteroatoms. The van der Waals surface area contributed by atoms with E-state index in [9.17, 15) is 30.0 Å². The van der Waals surface area contributed by atoms with Gasteiger partial charge in [0.2, 0.25) is 0 Å². The second kappa shape index (κ2) is 12.7. The zero-order valence-corrected chi connectivity index (χ0v) is 28.8. The minimum absolute atomic E-state index is 0.0118. The number of fused-ring (bicyclic) bond motifs is 7. The Kier molecular flexibility index (Phi) is 10.00. The number of hydrogen-bond donors (Lipinski definition) is 5. The van der Waals surface area contributed by atoms with Crippen LogP contribution in [0.2, 0.25) is 15.9 Å². The normalized spacial score (nSPS) is 48.1. The highest BCUT2D eigenvalue weighted by molar-refractivity contribution is 7.83. The number of aliphatic hydroxyl groups is 4. The summed E-state index contributed by atoms with van der Waals surface area (Å²) in [5, 5.41) is 41.3. The topological polar surface area (TPSA) is 134 Å². The van der Waals surface area contributed by atoms with E-state index < -0.39 is 74.9 Å². The SMILES string of the molecule is [B][C@]12CC[C@H](O)[C@H](CO)C1CC[C@]1([B])C2CC=C2C3C[C@@]([B])(S)[C@@H](OC(=O)/C(C)=C\C)[C@H](OC(=O)/C(C)=C\C)[C@]3(CO)[C@H](O)C[C@]21[B]. The van der Waals surface area contributed by atoms with Crippen molar-refractivity contribution in [3.8, 4) is 0 Å². The molecule has 4 fully saturated rings. The van der Waals surface area contributed by atoms with Gasteiger partial charge in [-0.2, -0.15) is 12.6 Å². The van der Waals surface area contributed by atoms with E-state index in [-0.39, 0.29) is 42.8 Å². The Morgan fingerprint density at radius 2 is 1.55 bits per heavy atom. The van der Waals surface area contributed by atoms with Crippen LogP contribution < -0.4 is 0 Å². The summed E-state index contributed by atoms with van der Waals surface area (Å²) >= 11 is 4.81. The van der Waals surface area contributed by atoms with Gasteiger partial charge >= 0.3 is 11.9 Å². The van der Waals surface area contributed by atoms with Gasteiger partial charge in [-0.05, 0) is 76.4 Å². The summed E-state index contributed by atoms with van der Waals surface area (Å²) in [4.78, 5) is 26.5. The van der Waals surface area contributed by atoms with E-state index in [2.05, 4.69) is 0 Å². The molecule has 5 aliphatic carbocycles. The first kappa shape index (κ1) is 36.9. The summed E-state index contributed by atoms with van der Waals surface area (Å²) < 4.78 is 10.4. The molecule has 13 atom stereocenters. The molecule has 0 aromatic carbocycles. The average Bonchev–Trinajstić information content (AvgIpc) is 3.02. The third-order valence-electron chi connectivity index (χ3n) is 13.1. The largest absolute Gasteiger partial charge is 0.454 e. The molecule has 3 unspecified atom stereocenters. The van der Waals surface area contributed by atoms with Gasteiger partial charge in [0.1, 0.15) is 6.10 Å². The predicted molar refractivity (Wildman–Crippen MR) is 184 cm³/mol. The molecule has 248 valence electrons. The van der Waals surface area contributed by atoms with Crippen LogP contribution in [0.1, 0.15) is 72.6 Å². The van der Waals surface area contributed by atoms with Crippen molar-refractivity contribution in [2.75, 3.05) is 13.2 Å². The monoisotopic (exact) mass is 658 g/mol. The lowest BCUT2D eigenvalue weighted by Crippen LogP contribution is -2.72. The fourth-order valence-electron chi connectivity index (χ4n) is 10.1. The molecule has 0 heterocycles. The number of aliphatic hydroxyl groups excluding tert-OH is 4. The number of esters is 2. The molecule has 0 saturated heterocycles. The Hall–Kier alpha value is -1.39. The van der Waals surface area contributed by atoms with Crippen LogP contribution in [0.25, 0.3) is 0 Å². The first-order chi connectivity index (χ1) is 21.9. The van der Waals surface area contributed by atoms with Crippen LogP contribution in [0.4, 0.5) is 0 Å². The van der Waals surface area contributed by atoms with E-state index in [0.717, 1.165) is 0 Å². The quantitative estimate of drug-likeness (QED) is 0.0968. The number of allylic oxidation sites excluding steroid dienone is 4. The highest BCUT2D eigenvalue weighted by atomic mass is 32.1. The third-order valence-corrected chi connectivity index (χ3v) is 13.5. The molecular weight excluding hydrogens is 612 g/mol. The van der Waals surface area contributed by atoms with Crippen molar-refractivity contribution in [3.63, 3.8) is 0 Å². The second-order valence-corrected chi connectivity index (χ2v) is 15.8. The summed E-state index contributed by atoms with van der Waals surface area (Å²) in [6.45, 7) is 5.69. The van der Waals surface area contributed by atoms with Crippen molar-refractivity contribution in [1.82, 2.24) is 0 Å². The Morgan fingerprint density at radius 3 is 2.11 bits per heavy atom. The van der Waals surface area contributed by atoms with Gasteiger partial charge in [0, 0.05) is 28.3 Å². The maximum absolute atomic E-state index is 13.4. The number of carbonyl (C=O) groups is 2. The van der Waals surface area contributed by atoms with Crippen molar-refractivity contribution in [1.29, 1.82) is 0 Å². The minimum Gasteiger partial charge on any atom is -0.454 e. The van der Waals surface area contributed by atoms with Gasteiger partial charge < -0.3 is 29.9 Å². The van der Waals surface area contributed by atoms with E-state index in [1.807, 2.05) is 6.08 Å². The number of rotatable bonds is 6. The molecule has 0 aliphatic heterocycles. The minimum atomic E-state index is -1.58. The Balaban J connectivity index is 1.64. The zero-order valence-electron chi connectivity index (χ0n) is 27.9. The predicted octanol–water partition coefficient (Wildman–Crippen LogP) is 2.40. The zero-order chi connectivity index (χ0) is 34.9. The summed E-state index contributed by atoms with van der Waals surface area (Å²) in [5.41, 5.74) is -0.324. The van der Waals surface area contributed by atoms with Gasteiger partial charge in [-0.3, -0.25) is 0 Å². The molecule has 4 N–H and O–H groups in total. The molecule has 0 aromatic heterocycles. The fraction of sp³-hybridized carbons (Fsp3) is 0.765. The van der Waals surface area contributed by atoms with Gasteiger partial charge in [0.05, 0.1) is 55.6 Å². The first-order valence-electron chi connectivity index (χ1n) is 16.8. The molecule has 0 aromatic rings. The third kappa shape index (κ3) is 5.30. The molecule has 5 rings (SSSR count). The van der Waals surface area contributed by atoms with Crippen LogP contribution in [-0.4, -0.2) is 106 Å². The van der Waals surface area contributed by atoms with Crippen molar-refractivity contribution >= 4 is 56.0 Å². The van der Waals surface area contributed by atoms with Crippen LogP contribution in [-0.2, 0) is 19.1 Å². The van der Waals surface area contributed by atoms with Gasteiger partial charge in [0.15, 0.2) is 6.10 Å². The van der Waals surface area contributed by atoms with Crippen molar-refractivity contribution < 1.29 is 39.5 Å². The molecule has 0 amide bonds. The Labute approximate surface area is 289 Å². The van der Waals surface area contributed by atoms with E-state index in [4.69, 9.17) is 53.5 Å². The van der Waals surface area contributed by atoms with Crippen LogP contribution in [0.3, 0.4) is 0 Å². The molecule has 0 bridgehead atoms. The standard InChI is InChI=1S/C34H46B4O8S/c1-5-17(3)28(43)45-26-27(46-29(44)18(4)6-2)34(38,47)13-22-21-7-8-24-31(35)11-10-23(41)19(15-39)20(31)9-12-32(24,36)33(21,37)14-25(42)30(22,26)16-40/h5-7,19-20,22-27,39-42,47H,8-16H2,1-4H3/b17-5-,18-6-/t19-,20?,22?,23+,24?,25-,26+,27+,30+,31-,32+,33+,34-/m1/s1. The number of thiol groups is 1. The van der Waals surface area contributed by atoms with E-state index in [1.54, 1.807) is 39.8 Å². The summed E-state index contributed by atoms with van der Waals surface area (Å²) in [7, 11) is 29.0. The second-order valence-electron chi connectivity index (χ2n) is 15.0. The lowest BCUT2D eigenvalue weighted by atomic mass is 9.23. The number of ether oxygens (including phenoxy) is 2. The maximum Gasteiger partial charge on any atom is 0.333 e. The van der Waals surface area contributed by atoms with Crippen LogP contribution in [0, 0.1) is 29.1 Å². The summed E-state index contributed by atoms with van der Waals surface area (Å²) in [6.07, 6.45) is 2.61. The molecule has 5 aliphatic rings. The smallest absolute Gasteiger partial charge is 0.333 e. The molecule has 4 saturated carbocycles. The highest BCUT2D eigenvalue weighted by Gasteiger charge is 2.72. The average molecular weight is 658 g/mol. The first-order valence-corrected chi connectivity index (χ1v) is 17.2. The number of carbonyl (C=O) groups excluding carboxylic acids is 2. The maximum atomic E-state index is 13.4. The van der Waals surface area contributed by atoms with Crippen molar-refractivity contribution in [2.24, 2.45) is 29.1 Å². The Bertz CT molecular complexity index is 1370. The lowest BCUT2D eigenvalue weighted by Gasteiger charge is -2.72. The molecule has 8 radical (unpaired) electrons. The summed E-state index contributed by atoms with van der Waals surface area (Å²) in [5.74, 6) is -3.05. The van der Waals surface area contributed by atoms with Crippen LogP contribution >= 0.6 is 12.6 Å². The van der Waals surface area contributed by atoms with Gasteiger partial charge in [0.25, 0.3) is 0 Å². The van der Waals surface area contributed by atoms with E-state index in [0.29, 0.717) is 43.3 Å². The van der Waals surface area contributed by atoms with Gasteiger partial charge in [-0.15, -0.1) is 0 Å². The van der Waals surface area contributed by atoms with E-state index in [1.165, 1.54) is 0 Å². The van der Waals surface area contributed by atoms with E-state index >= 15 is 0 Å². The summed E-state index contributed by atoms with van der Waals surface area (Å²) in [6, 6.07) is 0. The van der Waals surface area contributed by atoms with Crippen LogP contribution in [0.5, 0.6) is 0 Å². The molecule has 47 heavy (non-hydrogen) atoms. The van der Waals surface area contributed by atoms with Gasteiger partial charge in [-0.25, -0.2) is 9.59 Å². The molecule has 8 nitrogen and oxygen atoms in total.